The Hall–Kier alpha value is -3.14. The summed E-state index contributed by atoms with van der Waals surface area (Å²) in [5, 5.41) is 13.7. The molecule has 0 atom stereocenters. The molecule has 0 unspecified atom stereocenters. The van der Waals surface area contributed by atoms with Crippen LogP contribution in [0.1, 0.15) is 26.3 Å². The average Bonchev–Trinajstić information content (AvgIpc) is 2.59. The van der Waals surface area contributed by atoms with Crippen LogP contribution in [0.5, 0.6) is 0 Å². The summed E-state index contributed by atoms with van der Waals surface area (Å²) in [7, 11) is 0. The van der Waals surface area contributed by atoms with Gasteiger partial charge in [-0.25, -0.2) is 4.79 Å². The lowest BCUT2D eigenvalue weighted by Gasteiger charge is -2.08. The third-order valence-electron chi connectivity index (χ3n) is 3.69. The number of rotatable bonds is 4. The van der Waals surface area contributed by atoms with Gasteiger partial charge < -0.3 is 10.4 Å². The van der Waals surface area contributed by atoms with Crippen molar-refractivity contribution in [3.8, 4) is 0 Å². The molecule has 3 aromatic carbocycles. The zero-order chi connectivity index (χ0) is 16.2. The van der Waals surface area contributed by atoms with Crippen molar-refractivity contribution in [1.29, 1.82) is 0 Å². The summed E-state index contributed by atoms with van der Waals surface area (Å²) in [5.41, 5.74) is 1.71. The Morgan fingerprint density at radius 1 is 0.870 bits per heavy atom. The molecule has 23 heavy (non-hydrogen) atoms. The minimum Gasteiger partial charge on any atom is -0.478 e. The topological polar surface area (TPSA) is 66.4 Å². The highest BCUT2D eigenvalue weighted by molar-refractivity contribution is 6.06. The second-order valence-corrected chi connectivity index (χ2v) is 5.21. The molecular weight excluding hydrogens is 290 g/mol. The molecule has 0 saturated heterocycles. The van der Waals surface area contributed by atoms with Gasteiger partial charge >= 0.3 is 5.97 Å². The highest BCUT2D eigenvalue weighted by Gasteiger charge is 2.09. The molecule has 0 radical (unpaired) electrons. The van der Waals surface area contributed by atoms with Crippen LogP contribution < -0.4 is 5.32 Å². The van der Waals surface area contributed by atoms with E-state index in [-0.39, 0.29) is 11.5 Å². The average molecular weight is 305 g/mol. The molecule has 0 bridgehead atoms. The van der Waals surface area contributed by atoms with Gasteiger partial charge in [0.1, 0.15) is 0 Å². The number of amides is 1. The molecule has 3 rings (SSSR count). The van der Waals surface area contributed by atoms with Crippen LogP contribution in [-0.2, 0) is 6.54 Å². The van der Waals surface area contributed by atoms with E-state index in [1.165, 1.54) is 12.1 Å². The molecule has 1 amide bonds. The van der Waals surface area contributed by atoms with Crippen LogP contribution in [0, 0.1) is 0 Å². The molecule has 0 aliphatic carbocycles. The predicted octanol–water partition coefficient (Wildman–Crippen LogP) is 3.47. The SMILES string of the molecule is O=C(O)c1ccc(CNC(=O)c2cccc3ccccc23)cc1. The summed E-state index contributed by atoms with van der Waals surface area (Å²) >= 11 is 0. The predicted molar refractivity (Wildman–Crippen MR) is 88.5 cm³/mol. The van der Waals surface area contributed by atoms with Crippen molar-refractivity contribution < 1.29 is 14.7 Å². The Morgan fingerprint density at radius 3 is 2.30 bits per heavy atom. The van der Waals surface area contributed by atoms with Gasteiger partial charge in [-0.15, -0.1) is 0 Å². The van der Waals surface area contributed by atoms with Crippen LogP contribution in [0.25, 0.3) is 10.8 Å². The summed E-state index contributed by atoms with van der Waals surface area (Å²) < 4.78 is 0. The Labute approximate surface area is 133 Å². The fourth-order valence-electron chi connectivity index (χ4n) is 2.47. The molecule has 0 spiro atoms. The highest BCUT2D eigenvalue weighted by Crippen LogP contribution is 2.18. The zero-order valence-corrected chi connectivity index (χ0v) is 12.3. The van der Waals surface area contributed by atoms with Crippen molar-refractivity contribution in [3.05, 3.63) is 83.4 Å². The van der Waals surface area contributed by atoms with E-state index in [0.717, 1.165) is 16.3 Å². The number of carbonyl (C=O) groups excluding carboxylic acids is 1. The Balaban J connectivity index is 1.75. The lowest BCUT2D eigenvalue weighted by Crippen LogP contribution is -2.23. The van der Waals surface area contributed by atoms with Gasteiger partial charge in [0.15, 0.2) is 0 Å². The van der Waals surface area contributed by atoms with Gasteiger partial charge in [-0.1, -0.05) is 48.5 Å². The van der Waals surface area contributed by atoms with Crippen LogP contribution in [0.2, 0.25) is 0 Å². The highest BCUT2D eigenvalue weighted by atomic mass is 16.4. The molecule has 3 aromatic rings. The van der Waals surface area contributed by atoms with Gasteiger partial charge in [-0.2, -0.15) is 0 Å². The number of fused-ring (bicyclic) bond motifs is 1. The molecule has 0 aromatic heterocycles. The van der Waals surface area contributed by atoms with Gasteiger partial charge in [0.2, 0.25) is 0 Å². The number of carbonyl (C=O) groups is 2. The standard InChI is InChI=1S/C19H15NO3/c21-18(17-7-3-5-14-4-1-2-6-16(14)17)20-12-13-8-10-15(11-9-13)19(22)23/h1-11H,12H2,(H,20,21)(H,22,23). The van der Waals surface area contributed by atoms with E-state index in [1.807, 2.05) is 36.4 Å². The first-order valence-corrected chi connectivity index (χ1v) is 7.23. The number of nitrogens with one attached hydrogen (secondary N) is 1. The van der Waals surface area contributed by atoms with E-state index in [2.05, 4.69) is 5.32 Å². The smallest absolute Gasteiger partial charge is 0.335 e. The molecular formula is C19H15NO3. The normalized spacial score (nSPS) is 10.4. The van der Waals surface area contributed by atoms with E-state index in [0.29, 0.717) is 12.1 Å². The second kappa shape index (κ2) is 6.32. The first-order chi connectivity index (χ1) is 11.1. The minimum atomic E-state index is -0.962. The first kappa shape index (κ1) is 14.8. The van der Waals surface area contributed by atoms with Gasteiger partial charge in [0.05, 0.1) is 5.56 Å². The second-order valence-electron chi connectivity index (χ2n) is 5.21. The molecule has 4 nitrogen and oxygen atoms in total. The molecule has 114 valence electrons. The fourth-order valence-corrected chi connectivity index (χ4v) is 2.47. The van der Waals surface area contributed by atoms with Crippen LogP contribution in [0.4, 0.5) is 0 Å². The third kappa shape index (κ3) is 3.21. The van der Waals surface area contributed by atoms with Crippen molar-refractivity contribution in [2.45, 2.75) is 6.54 Å². The number of benzene rings is 3. The van der Waals surface area contributed by atoms with Crippen molar-refractivity contribution in [2.24, 2.45) is 0 Å². The van der Waals surface area contributed by atoms with Crippen molar-refractivity contribution >= 4 is 22.6 Å². The molecule has 2 N–H and O–H groups in total. The van der Waals surface area contributed by atoms with Crippen LogP contribution in [0.15, 0.2) is 66.7 Å². The fraction of sp³-hybridized carbons (Fsp3) is 0.0526. The summed E-state index contributed by atoms with van der Waals surface area (Å²) in [6.45, 7) is 0.349. The van der Waals surface area contributed by atoms with E-state index in [9.17, 15) is 9.59 Å². The Kier molecular flexibility index (Phi) is 4.06. The quantitative estimate of drug-likeness (QED) is 0.775. The summed E-state index contributed by atoms with van der Waals surface area (Å²) in [5.74, 6) is -1.11. The maximum atomic E-state index is 12.4. The lowest BCUT2D eigenvalue weighted by molar-refractivity contribution is 0.0696. The number of hydrogen-bond acceptors (Lipinski definition) is 2. The summed E-state index contributed by atoms with van der Waals surface area (Å²) in [6, 6.07) is 19.8. The minimum absolute atomic E-state index is 0.149. The van der Waals surface area contributed by atoms with Crippen LogP contribution in [-0.4, -0.2) is 17.0 Å². The molecule has 4 heteroatoms. The number of aromatic carboxylic acids is 1. The van der Waals surface area contributed by atoms with E-state index in [4.69, 9.17) is 5.11 Å². The lowest BCUT2D eigenvalue weighted by atomic mass is 10.0. The van der Waals surface area contributed by atoms with E-state index in [1.54, 1.807) is 18.2 Å². The van der Waals surface area contributed by atoms with Crippen LogP contribution >= 0.6 is 0 Å². The largest absolute Gasteiger partial charge is 0.478 e. The van der Waals surface area contributed by atoms with Crippen molar-refractivity contribution in [1.82, 2.24) is 5.32 Å². The summed E-state index contributed by atoms with van der Waals surface area (Å²) in [6.07, 6.45) is 0. The van der Waals surface area contributed by atoms with Gasteiger partial charge in [-0.3, -0.25) is 4.79 Å². The van der Waals surface area contributed by atoms with Gasteiger partial charge in [0.25, 0.3) is 5.91 Å². The first-order valence-electron chi connectivity index (χ1n) is 7.23. The number of carboxylic acids is 1. The molecule has 0 aliphatic heterocycles. The maximum Gasteiger partial charge on any atom is 0.335 e. The van der Waals surface area contributed by atoms with E-state index >= 15 is 0 Å². The monoisotopic (exact) mass is 305 g/mol. The Morgan fingerprint density at radius 2 is 1.57 bits per heavy atom. The van der Waals surface area contributed by atoms with Crippen LogP contribution in [0.3, 0.4) is 0 Å². The molecule has 0 saturated carbocycles. The third-order valence-corrected chi connectivity index (χ3v) is 3.69. The zero-order valence-electron chi connectivity index (χ0n) is 12.3. The van der Waals surface area contributed by atoms with Gasteiger partial charge in [0, 0.05) is 12.1 Å². The molecule has 0 fully saturated rings. The van der Waals surface area contributed by atoms with Gasteiger partial charge in [-0.05, 0) is 34.5 Å². The maximum absolute atomic E-state index is 12.4. The Bertz CT molecular complexity index is 864. The van der Waals surface area contributed by atoms with Crippen molar-refractivity contribution in [2.75, 3.05) is 0 Å². The number of carboxylic acid groups (broad SMARTS) is 1. The molecule has 0 aliphatic rings. The summed E-state index contributed by atoms with van der Waals surface area (Å²) in [4.78, 5) is 23.2. The molecule has 0 heterocycles. The van der Waals surface area contributed by atoms with E-state index < -0.39 is 5.97 Å². The number of hydrogen-bond donors (Lipinski definition) is 2. The van der Waals surface area contributed by atoms with Crippen molar-refractivity contribution in [3.63, 3.8) is 0 Å².